The molecule has 3 heteroatoms. The number of hydrogen-bond acceptors (Lipinski definition) is 3. The standard InChI is InChI=1S/C37H53NO2/c1-34(2,3)28-18-26(32(39)30(20-28)36(7,8)9)23-38(22-25-16-14-13-15-17-25)24-27-19-29(35(4,5)6)21-31(33(27)40)37(10,11)12/h13-21,39-40H,22-24H2,1-12H3. The van der Waals surface area contributed by atoms with Crippen molar-refractivity contribution in [2.75, 3.05) is 0 Å². The van der Waals surface area contributed by atoms with Gasteiger partial charge in [0.1, 0.15) is 11.5 Å². The summed E-state index contributed by atoms with van der Waals surface area (Å²) in [6.45, 7) is 28.1. The van der Waals surface area contributed by atoms with E-state index in [-0.39, 0.29) is 21.7 Å². The zero-order valence-corrected chi connectivity index (χ0v) is 27.2. The molecule has 0 bridgehead atoms. The maximum atomic E-state index is 11.6. The van der Waals surface area contributed by atoms with E-state index in [4.69, 9.17) is 0 Å². The molecule has 0 saturated carbocycles. The van der Waals surface area contributed by atoms with Crippen molar-refractivity contribution in [1.82, 2.24) is 4.90 Å². The molecule has 3 aromatic rings. The molecule has 0 radical (unpaired) electrons. The first kappa shape index (κ1) is 31.7. The molecular formula is C37H53NO2. The quantitative estimate of drug-likeness (QED) is 0.325. The van der Waals surface area contributed by atoms with Gasteiger partial charge in [0.25, 0.3) is 0 Å². The van der Waals surface area contributed by atoms with Gasteiger partial charge in [-0.15, -0.1) is 0 Å². The van der Waals surface area contributed by atoms with E-state index in [0.717, 1.165) is 22.3 Å². The van der Waals surface area contributed by atoms with Crippen molar-refractivity contribution in [3.05, 3.63) is 93.5 Å². The maximum absolute atomic E-state index is 11.6. The molecule has 0 unspecified atom stereocenters. The predicted molar refractivity (Wildman–Crippen MR) is 170 cm³/mol. The van der Waals surface area contributed by atoms with E-state index in [1.165, 1.54) is 16.7 Å². The fourth-order valence-electron chi connectivity index (χ4n) is 5.13. The van der Waals surface area contributed by atoms with Gasteiger partial charge in [0, 0.05) is 30.8 Å². The Morgan fingerprint density at radius 2 is 0.875 bits per heavy atom. The Hall–Kier alpha value is -2.78. The predicted octanol–water partition coefficient (Wildman–Crippen LogP) is 9.49. The monoisotopic (exact) mass is 543 g/mol. The van der Waals surface area contributed by atoms with Gasteiger partial charge in [0.05, 0.1) is 0 Å². The molecule has 0 atom stereocenters. The highest BCUT2D eigenvalue weighted by Crippen LogP contribution is 2.40. The van der Waals surface area contributed by atoms with Gasteiger partial charge in [-0.05, 0) is 49.5 Å². The molecule has 2 N–H and O–H groups in total. The van der Waals surface area contributed by atoms with Crippen LogP contribution in [0.25, 0.3) is 0 Å². The molecular weight excluding hydrogens is 490 g/mol. The molecule has 3 nitrogen and oxygen atoms in total. The molecule has 0 saturated heterocycles. The van der Waals surface area contributed by atoms with Crippen molar-refractivity contribution >= 4 is 0 Å². The highest BCUT2D eigenvalue weighted by molar-refractivity contribution is 5.50. The maximum Gasteiger partial charge on any atom is 0.123 e. The first-order chi connectivity index (χ1) is 18.2. The molecule has 3 rings (SSSR count). The average Bonchev–Trinajstić information content (AvgIpc) is 2.79. The second-order valence-corrected chi connectivity index (χ2v) is 15.7. The minimum absolute atomic E-state index is 0.0480. The number of phenols is 2. The van der Waals surface area contributed by atoms with Crippen LogP contribution in [0.15, 0.2) is 54.6 Å². The normalized spacial score (nSPS) is 13.2. The minimum atomic E-state index is -0.189. The second-order valence-electron chi connectivity index (χ2n) is 15.7. The molecule has 0 aromatic heterocycles. The zero-order valence-electron chi connectivity index (χ0n) is 27.2. The number of benzene rings is 3. The Balaban J connectivity index is 2.17. The molecule has 0 aliphatic carbocycles. The molecule has 0 spiro atoms. The van der Waals surface area contributed by atoms with E-state index in [9.17, 15) is 10.2 Å². The van der Waals surface area contributed by atoms with Crippen molar-refractivity contribution < 1.29 is 10.2 Å². The van der Waals surface area contributed by atoms with Crippen LogP contribution >= 0.6 is 0 Å². The Morgan fingerprint density at radius 1 is 0.500 bits per heavy atom. The summed E-state index contributed by atoms with van der Waals surface area (Å²) in [6, 6.07) is 19.2. The first-order valence-electron chi connectivity index (χ1n) is 14.7. The van der Waals surface area contributed by atoms with Crippen LogP contribution in [0.3, 0.4) is 0 Å². The van der Waals surface area contributed by atoms with Gasteiger partial charge >= 0.3 is 0 Å². The highest BCUT2D eigenvalue weighted by Gasteiger charge is 2.28. The highest BCUT2D eigenvalue weighted by atomic mass is 16.3. The second kappa shape index (κ2) is 11.2. The van der Waals surface area contributed by atoms with Crippen molar-refractivity contribution in [1.29, 1.82) is 0 Å². The van der Waals surface area contributed by atoms with Crippen molar-refractivity contribution in [3.8, 4) is 11.5 Å². The van der Waals surface area contributed by atoms with Crippen molar-refractivity contribution in [2.45, 2.75) is 124 Å². The lowest BCUT2D eigenvalue weighted by Crippen LogP contribution is -2.25. The van der Waals surface area contributed by atoms with Gasteiger partial charge in [-0.25, -0.2) is 0 Å². The fraction of sp³-hybridized carbons (Fsp3) is 0.514. The van der Waals surface area contributed by atoms with E-state index >= 15 is 0 Å². The third kappa shape index (κ3) is 7.69. The summed E-state index contributed by atoms with van der Waals surface area (Å²) in [5.74, 6) is 0.753. The Morgan fingerprint density at radius 3 is 1.20 bits per heavy atom. The van der Waals surface area contributed by atoms with Gasteiger partial charge < -0.3 is 10.2 Å². The first-order valence-corrected chi connectivity index (χ1v) is 14.7. The number of aromatic hydroxyl groups is 2. The number of phenolic OH excluding ortho intramolecular Hbond substituents is 2. The number of nitrogens with zero attached hydrogens (tertiary/aromatic N) is 1. The van der Waals surface area contributed by atoms with Crippen LogP contribution in [-0.4, -0.2) is 15.1 Å². The van der Waals surface area contributed by atoms with Crippen LogP contribution in [0.5, 0.6) is 11.5 Å². The summed E-state index contributed by atoms with van der Waals surface area (Å²) in [5, 5.41) is 23.2. The SMILES string of the molecule is CC(C)(C)c1cc(CN(Cc2ccccc2)Cc2cc(C(C)(C)C)cc(C(C)(C)C)c2O)c(O)c(C(C)(C)C)c1. The summed E-state index contributed by atoms with van der Waals surface area (Å²) in [4.78, 5) is 2.34. The van der Waals surface area contributed by atoms with Gasteiger partial charge in [-0.1, -0.05) is 138 Å². The van der Waals surface area contributed by atoms with Gasteiger partial charge in [-0.3, -0.25) is 4.90 Å². The topological polar surface area (TPSA) is 43.7 Å². The number of hydrogen-bond donors (Lipinski definition) is 2. The van der Waals surface area contributed by atoms with Crippen LogP contribution in [0, 0.1) is 0 Å². The lowest BCUT2D eigenvalue weighted by atomic mass is 9.78. The Labute approximate surface area is 244 Å². The Kier molecular flexibility index (Phi) is 8.92. The van der Waals surface area contributed by atoms with E-state index in [2.05, 4.69) is 137 Å². The number of rotatable bonds is 6. The smallest absolute Gasteiger partial charge is 0.123 e. The van der Waals surface area contributed by atoms with E-state index < -0.39 is 0 Å². The minimum Gasteiger partial charge on any atom is -0.507 e. The molecule has 3 aromatic carbocycles. The summed E-state index contributed by atoms with van der Waals surface area (Å²) in [7, 11) is 0. The van der Waals surface area contributed by atoms with Crippen LogP contribution in [0.2, 0.25) is 0 Å². The lowest BCUT2D eigenvalue weighted by molar-refractivity contribution is 0.239. The Bertz CT molecular complexity index is 1230. The van der Waals surface area contributed by atoms with Crippen LogP contribution < -0.4 is 0 Å². The largest absolute Gasteiger partial charge is 0.507 e. The van der Waals surface area contributed by atoms with E-state index in [1.807, 2.05) is 6.07 Å². The molecule has 0 aliphatic heterocycles. The third-order valence-electron chi connectivity index (χ3n) is 7.76. The lowest BCUT2D eigenvalue weighted by Gasteiger charge is -2.31. The molecule has 218 valence electrons. The molecule has 0 fully saturated rings. The fourth-order valence-corrected chi connectivity index (χ4v) is 5.13. The van der Waals surface area contributed by atoms with E-state index in [1.54, 1.807) is 0 Å². The summed E-state index contributed by atoms with van der Waals surface area (Å²) in [6.07, 6.45) is 0. The van der Waals surface area contributed by atoms with Crippen molar-refractivity contribution in [2.24, 2.45) is 0 Å². The third-order valence-corrected chi connectivity index (χ3v) is 7.76. The average molecular weight is 544 g/mol. The van der Waals surface area contributed by atoms with Gasteiger partial charge in [0.2, 0.25) is 0 Å². The van der Waals surface area contributed by atoms with E-state index in [0.29, 0.717) is 31.1 Å². The van der Waals surface area contributed by atoms with Crippen LogP contribution in [-0.2, 0) is 41.3 Å². The molecule has 0 aliphatic rings. The summed E-state index contributed by atoms with van der Waals surface area (Å²) < 4.78 is 0. The van der Waals surface area contributed by atoms with Gasteiger partial charge in [0.15, 0.2) is 0 Å². The van der Waals surface area contributed by atoms with Gasteiger partial charge in [-0.2, -0.15) is 0 Å². The van der Waals surface area contributed by atoms with Crippen LogP contribution in [0.1, 0.15) is 122 Å². The molecule has 40 heavy (non-hydrogen) atoms. The zero-order chi connectivity index (χ0) is 30.3. The van der Waals surface area contributed by atoms with Crippen molar-refractivity contribution in [3.63, 3.8) is 0 Å². The summed E-state index contributed by atoms with van der Waals surface area (Å²) in [5.41, 5.74) is 6.97. The van der Waals surface area contributed by atoms with Crippen LogP contribution in [0.4, 0.5) is 0 Å². The summed E-state index contributed by atoms with van der Waals surface area (Å²) >= 11 is 0. The molecule has 0 amide bonds. The molecule has 0 heterocycles.